The standard InChI is InChI=1S/C23H43N5O2/c1-18(2)6-11-22(29)28(14-15-30-5)21-9-7-19(8-10-21)23-20(16-25-26-23)17-27(4)13-12-24-3/h16,18-19,21,24H,6-15,17H2,1-5H3,(H,25,26)/t19-,21-. The van der Waals surface area contributed by atoms with Crippen LogP contribution in [-0.2, 0) is 16.1 Å². The molecule has 2 N–H and O–H groups in total. The summed E-state index contributed by atoms with van der Waals surface area (Å²) in [6.45, 7) is 8.58. The average molecular weight is 422 g/mol. The number of methoxy groups -OCH3 is 1. The zero-order valence-corrected chi connectivity index (χ0v) is 19.7. The molecule has 30 heavy (non-hydrogen) atoms. The molecule has 1 amide bonds. The van der Waals surface area contributed by atoms with E-state index in [-0.39, 0.29) is 5.91 Å². The molecule has 0 radical (unpaired) electrons. The van der Waals surface area contributed by atoms with Crippen LogP contribution in [0.2, 0.25) is 0 Å². The summed E-state index contributed by atoms with van der Waals surface area (Å²) in [7, 11) is 5.85. The van der Waals surface area contributed by atoms with Crippen LogP contribution in [0, 0.1) is 5.92 Å². The highest BCUT2D eigenvalue weighted by Gasteiger charge is 2.31. The van der Waals surface area contributed by atoms with Crippen molar-refractivity contribution in [3.8, 4) is 0 Å². The van der Waals surface area contributed by atoms with E-state index < -0.39 is 0 Å². The molecule has 0 bridgehead atoms. The van der Waals surface area contributed by atoms with Gasteiger partial charge >= 0.3 is 0 Å². The van der Waals surface area contributed by atoms with E-state index in [1.807, 2.05) is 7.05 Å². The number of ether oxygens (including phenoxy) is 1. The first-order chi connectivity index (χ1) is 14.5. The summed E-state index contributed by atoms with van der Waals surface area (Å²) < 4.78 is 5.28. The van der Waals surface area contributed by atoms with Gasteiger partial charge in [0.05, 0.1) is 12.3 Å². The fraction of sp³-hybridized carbons (Fsp3) is 0.826. The highest BCUT2D eigenvalue weighted by atomic mass is 16.5. The van der Waals surface area contributed by atoms with Crippen molar-refractivity contribution in [2.45, 2.75) is 70.9 Å². The molecule has 0 atom stereocenters. The van der Waals surface area contributed by atoms with E-state index in [1.54, 1.807) is 7.11 Å². The normalized spacial score (nSPS) is 19.6. The van der Waals surface area contributed by atoms with Crippen molar-refractivity contribution in [1.29, 1.82) is 0 Å². The van der Waals surface area contributed by atoms with Crippen molar-refractivity contribution < 1.29 is 9.53 Å². The molecule has 0 aromatic carbocycles. The molecule has 0 saturated heterocycles. The predicted octanol–water partition coefficient (Wildman–Crippen LogP) is 3.00. The van der Waals surface area contributed by atoms with Gasteiger partial charge < -0.3 is 19.9 Å². The molecular formula is C23H43N5O2. The third-order valence-corrected chi connectivity index (χ3v) is 6.25. The highest BCUT2D eigenvalue weighted by Crippen LogP contribution is 2.35. The molecule has 2 rings (SSSR count). The summed E-state index contributed by atoms with van der Waals surface area (Å²) in [4.78, 5) is 17.3. The van der Waals surface area contributed by atoms with Gasteiger partial charge in [-0.05, 0) is 52.1 Å². The summed E-state index contributed by atoms with van der Waals surface area (Å²) in [5, 5.41) is 10.9. The number of carbonyl (C=O) groups excluding carboxylic acids is 1. The van der Waals surface area contributed by atoms with Crippen LogP contribution < -0.4 is 5.32 Å². The van der Waals surface area contributed by atoms with Crippen LogP contribution in [0.3, 0.4) is 0 Å². The number of carbonyl (C=O) groups is 1. The van der Waals surface area contributed by atoms with Crippen LogP contribution in [0.4, 0.5) is 0 Å². The predicted molar refractivity (Wildman–Crippen MR) is 122 cm³/mol. The first kappa shape index (κ1) is 24.8. The maximum Gasteiger partial charge on any atom is 0.222 e. The number of aromatic nitrogens is 2. The lowest BCUT2D eigenvalue weighted by atomic mass is 9.82. The highest BCUT2D eigenvalue weighted by molar-refractivity contribution is 5.76. The summed E-state index contributed by atoms with van der Waals surface area (Å²) in [6, 6.07) is 0.330. The van der Waals surface area contributed by atoms with Gasteiger partial charge in [0.1, 0.15) is 0 Å². The van der Waals surface area contributed by atoms with Crippen molar-refractivity contribution >= 4 is 5.91 Å². The van der Waals surface area contributed by atoms with Gasteiger partial charge in [-0.15, -0.1) is 0 Å². The van der Waals surface area contributed by atoms with Crippen molar-refractivity contribution in [2.24, 2.45) is 5.92 Å². The fourth-order valence-corrected chi connectivity index (χ4v) is 4.40. The second-order valence-electron chi connectivity index (χ2n) is 9.15. The molecule has 172 valence electrons. The number of nitrogens with one attached hydrogen (secondary N) is 2. The monoisotopic (exact) mass is 421 g/mol. The maximum absolute atomic E-state index is 12.9. The van der Waals surface area contributed by atoms with Gasteiger partial charge in [-0.3, -0.25) is 9.89 Å². The van der Waals surface area contributed by atoms with E-state index in [4.69, 9.17) is 4.74 Å². The van der Waals surface area contributed by atoms with Crippen LogP contribution >= 0.6 is 0 Å². The molecule has 7 nitrogen and oxygen atoms in total. The molecule has 1 aromatic rings. The molecule has 1 aromatic heterocycles. The molecular weight excluding hydrogens is 378 g/mol. The van der Waals surface area contributed by atoms with Crippen LogP contribution in [0.1, 0.15) is 69.5 Å². The Morgan fingerprint density at radius 3 is 2.67 bits per heavy atom. The van der Waals surface area contributed by atoms with Gasteiger partial charge in [0, 0.05) is 63.4 Å². The van der Waals surface area contributed by atoms with E-state index in [1.165, 1.54) is 11.3 Å². The topological polar surface area (TPSA) is 73.5 Å². The summed E-state index contributed by atoms with van der Waals surface area (Å²) in [6.07, 6.45) is 7.91. The molecule has 0 unspecified atom stereocenters. The first-order valence-electron chi connectivity index (χ1n) is 11.6. The molecule has 7 heteroatoms. The molecule has 1 aliphatic carbocycles. The number of H-pyrrole nitrogens is 1. The maximum atomic E-state index is 12.9. The minimum absolute atomic E-state index is 0.288. The number of rotatable bonds is 13. The minimum atomic E-state index is 0.288. The lowest BCUT2D eigenvalue weighted by Crippen LogP contribution is -2.44. The largest absolute Gasteiger partial charge is 0.383 e. The molecule has 1 aliphatic rings. The minimum Gasteiger partial charge on any atom is -0.383 e. The number of nitrogens with zero attached hydrogens (tertiary/aromatic N) is 3. The van der Waals surface area contributed by atoms with Crippen molar-refractivity contribution in [2.75, 3.05) is 47.4 Å². The molecule has 0 aliphatic heterocycles. The Kier molecular flexibility index (Phi) is 10.8. The number of likely N-dealkylation sites (N-methyl/N-ethyl adjacent to an activating group) is 2. The van der Waals surface area contributed by atoms with Gasteiger partial charge in [0.25, 0.3) is 0 Å². The molecule has 1 fully saturated rings. The Balaban J connectivity index is 1.93. The van der Waals surface area contributed by atoms with Gasteiger partial charge in [-0.25, -0.2) is 0 Å². The molecule has 0 spiro atoms. The van der Waals surface area contributed by atoms with Crippen LogP contribution in [0.25, 0.3) is 0 Å². The Bertz CT molecular complexity index is 610. The van der Waals surface area contributed by atoms with E-state index in [0.29, 0.717) is 37.5 Å². The second kappa shape index (κ2) is 13.1. The third kappa shape index (κ3) is 7.67. The van der Waals surface area contributed by atoms with Gasteiger partial charge in [-0.1, -0.05) is 13.8 Å². The lowest BCUT2D eigenvalue weighted by Gasteiger charge is -2.37. The van der Waals surface area contributed by atoms with E-state index >= 15 is 0 Å². The molecule has 1 saturated carbocycles. The SMILES string of the molecule is CNCCN(C)Cc1c[nH]nc1[C@H]1CC[C@H](N(CCOC)C(=O)CCC(C)C)CC1. The molecule has 1 heterocycles. The van der Waals surface area contributed by atoms with Crippen LogP contribution in [0.15, 0.2) is 6.20 Å². The summed E-state index contributed by atoms with van der Waals surface area (Å²) >= 11 is 0. The summed E-state index contributed by atoms with van der Waals surface area (Å²) in [5.74, 6) is 1.32. The Morgan fingerprint density at radius 1 is 1.30 bits per heavy atom. The zero-order chi connectivity index (χ0) is 21.9. The lowest BCUT2D eigenvalue weighted by molar-refractivity contribution is -0.135. The van der Waals surface area contributed by atoms with Gasteiger partial charge in [0.2, 0.25) is 5.91 Å². The Morgan fingerprint density at radius 2 is 2.03 bits per heavy atom. The van der Waals surface area contributed by atoms with Gasteiger partial charge in [0.15, 0.2) is 0 Å². The van der Waals surface area contributed by atoms with Crippen molar-refractivity contribution in [3.05, 3.63) is 17.5 Å². The zero-order valence-electron chi connectivity index (χ0n) is 19.7. The number of hydrogen-bond donors (Lipinski definition) is 2. The van der Waals surface area contributed by atoms with Crippen molar-refractivity contribution in [1.82, 2.24) is 25.3 Å². The summed E-state index contributed by atoms with van der Waals surface area (Å²) in [5.41, 5.74) is 2.53. The van der Waals surface area contributed by atoms with E-state index in [2.05, 4.69) is 52.4 Å². The number of hydrogen-bond acceptors (Lipinski definition) is 5. The van der Waals surface area contributed by atoms with Crippen LogP contribution in [-0.4, -0.2) is 79.4 Å². The Hall–Kier alpha value is -1.44. The quantitative estimate of drug-likeness (QED) is 0.512. The number of amides is 1. The Labute approximate surface area is 182 Å². The number of aromatic amines is 1. The van der Waals surface area contributed by atoms with Gasteiger partial charge in [-0.2, -0.15) is 5.10 Å². The van der Waals surface area contributed by atoms with E-state index in [0.717, 1.165) is 51.7 Å². The third-order valence-electron chi connectivity index (χ3n) is 6.25. The average Bonchev–Trinajstić information content (AvgIpc) is 3.19. The fourth-order valence-electron chi connectivity index (χ4n) is 4.40. The van der Waals surface area contributed by atoms with Crippen molar-refractivity contribution in [3.63, 3.8) is 0 Å². The van der Waals surface area contributed by atoms with E-state index in [9.17, 15) is 4.79 Å². The first-order valence-corrected chi connectivity index (χ1v) is 11.6. The smallest absolute Gasteiger partial charge is 0.222 e. The van der Waals surface area contributed by atoms with Crippen LogP contribution in [0.5, 0.6) is 0 Å². The second-order valence-corrected chi connectivity index (χ2v) is 9.15.